The maximum Gasteiger partial charge on any atom is 0.243 e. The highest BCUT2D eigenvalue weighted by atomic mass is 32.2. The fourth-order valence-corrected chi connectivity index (χ4v) is 6.77. The summed E-state index contributed by atoms with van der Waals surface area (Å²) in [7, 11) is -3.76. The van der Waals surface area contributed by atoms with Crippen LogP contribution in [0.4, 0.5) is 0 Å². The first-order valence-corrected chi connectivity index (χ1v) is 13.1. The number of sulfonamides is 1. The molecule has 0 radical (unpaired) electrons. The third-order valence-electron chi connectivity index (χ3n) is 6.03. The van der Waals surface area contributed by atoms with Gasteiger partial charge in [-0.3, -0.25) is 9.20 Å². The highest BCUT2D eigenvalue weighted by molar-refractivity contribution is 7.89. The number of nitrogens with zero attached hydrogens (tertiary/aromatic N) is 3. The van der Waals surface area contributed by atoms with Crippen LogP contribution in [0.3, 0.4) is 0 Å². The molecule has 1 N–H and O–H groups in total. The molecule has 2 atom stereocenters. The van der Waals surface area contributed by atoms with Gasteiger partial charge in [-0.05, 0) is 30.5 Å². The number of benzene rings is 2. The van der Waals surface area contributed by atoms with E-state index < -0.39 is 15.9 Å². The number of amides is 1. The molecule has 3 heterocycles. The number of carbonyl (C=O) groups excluding carboxylic acids is 1. The number of hydrogen-bond donors (Lipinski definition) is 1. The lowest BCUT2D eigenvalue weighted by atomic mass is 9.90. The lowest BCUT2D eigenvalue weighted by Crippen LogP contribution is -2.46. The number of fused-ring (bicyclic) bond motifs is 1. The molecule has 4 aromatic rings. The molecule has 0 spiro atoms. The zero-order valence-corrected chi connectivity index (χ0v) is 19.5. The summed E-state index contributed by atoms with van der Waals surface area (Å²) in [4.78, 5) is 18.6. The maximum atomic E-state index is 13.6. The predicted octanol–water partition coefficient (Wildman–Crippen LogP) is 3.85. The Labute approximate surface area is 196 Å². The molecule has 33 heavy (non-hydrogen) atoms. The van der Waals surface area contributed by atoms with Gasteiger partial charge >= 0.3 is 0 Å². The zero-order chi connectivity index (χ0) is 22.8. The second-order valence-corrected chi connectivity index (χ2v) is 10.9. The molecule has 1 amide bonds. The van der Waals surface area contributed by atoms with Crippen LogP contribution in [0.25, 0.3) is 4.96 Å². The van der Waals surface area contributed by atoms with E-state index in [0.717, 1.165) is 16.2 Å². The van der Waals surface area contributed by atoms with Crippen molar-refractivity contribution in [3.8, 4) is 0 Å². The van der Waals surface area contributed by atoms with Gasteiger partial charge in [0, 0.05) is 24.3 Å². The van der Waals surface area contributed by atoms with Gasteiger partial charge in [0.1, 0.15) is 0 Å². The zero-order valence-electron chi connectivity index (χ0n) is 17.9. The van der Waals surface area contributed by atoms with Crippen LogP contribution in [0, 0.1) is 5.92 Å². The molecule has 5 rings (SSSR count). The van der Waals surface area contributed by atoms with Gasteiger partial charge < -0.3 is 5.32 Å². The van der Waals surface area contributed by atoms with Gasteiger partial charge in [0.05, 0.1) is 29.1 Å². The Hall–Kier alpha value is -3.01. The van der Waals surface area contributed by atoms with Crippen molar-refractivity contribution in [3.63, 3.8) is 0 Å². The van der Waals surface area contributed by atoms with Crippen LogP contribution in [-0.4, -0.2) is 34.6 Å². The van der Waals surface area contributed by atoms with Gasteiger partial charge in [-0.1, -0.05) is 48.5 Å². The second kappa shape index (κ2) is 9.09. The summed E-state index contributed by atoms with van der Waals surface area (Å²) < 4.78 is 30.6. The van der Waals surface area contributed by atoms with Crippen LogP contribution in [0.1, 0.15) is 30.1 Å². The van der Waals surface area contributed by atoms with Crippen molar-refractivity contribution in [3.05, 3.63) is 89.7 Å². The van der Waals surface area contributed by atoms with E-state index in [0.29, 0.717) is 19.4 Å². The minimum Gasteiger partial charge on any atom is -0.350 e. The summed E-state index contributed by atoms with van der Waals surface area (Å²) in [6.45, 7) is 0.457. The molecule has 170 valence electrons. The molecule has 0 unspecified atom stereocenters. The Morgan fingerprint density at radius 1 is 1.06 bits per heavy atom. The number of hydrogen-bond acceptors (Lipinski definition) is 5. The molecule has 0 saturated carbocycles. The standard InChI is InChI=1S/C24H24N4O3S2/c29-23(25-15-20-17-27-13-14-32-24(27)26-20)19-11-12-22(18-7-3-1-4-8-18)28(16-19)33(30,31)21-9-5-2-6-10-21/h1-10,13-14,17,19,22H,11-12,15-16H2,(H,25,29)/t19-,22-/m1/s1. The SMILES string of the molecule is O=C(NCc1cn2ccsc2n1)[C@@H]1CC[C@H](c2ccccc2)N(S(=O)(=O)c2ccccc2)C1. The summed E-state index contributed by atoms with van der Waals surface area (Å²) >= 11 is 1.54. The second-order valence-electron chi connectivity index (χ2n) is 8.13. The van der Waals surface area contributed by atoms with Crippen molar-refractivity contribution >= 4 is 32.2 Å². The van der Waals surface area contributed by atoms with Gasteiger partial charge in [-0.25, -0.2) is 13.4 Å². The van der Waals surface area contributed by atoms with Crippen molar-refractivity contribution in [2.45, 2.75) is 30.3 Å². The Morgan fingerprint density at radius 2 is 1.79 bits per heavy atom. The monoisotopic (exact) mass is 480 g/mol. The van der Waals surface area contributed by atoms with Crippen molar-refractivity contribution in [2.75, 3.05) is 6.54 Å². The Balaban J connectivity index is 1.36. The van der Waals surface area contributed by atoms with Crippen molar-refractivity contribution < 1.29 is 13.2 Å². The number of nitrogens with one attached hydrogen (secondary N) is 1. The minimum absolute atomic E-state index is 0.140. The summed E-state index contributed by atoms with van der Waals surface area (Å²) in [6.07, 6.45) is 5.01. The molecule has 1 aliphatic rings. The predicted molar refractivity (Wildman–Crippen MR) is 127 cm³/mol. The van der Waals surface area contributed by atoms with Crippen molar-refractivity contribution in [1.82, 2.24) is 19.0 Å². The number of thiazole rings is 1. The Bertz CT molecular complexity index is 1320. The van der Waals surface area contributed by atoms with Gasteiger partial charge in [0.25, 0.3) is 0 Å². The first-order chi connectivity index (χ1) is 16.0. The average Bonchev–Trinajstić information content (AvgIpc) is 3.45. The lowest BCUT2D eigenvalue weighted by molar-refractivity contribution is -0.126. The van der Waals surface area contributed by atoms with E-state index >= 15 is 0 Å². The molecular weight excluding hydrogens is 456 g/mol. The molecule has 0 bridgehead atoms. The van der Waals surface area contributed by atoms with E-state index in [1.165, 1.54) is 15.6 Å². The van der Waals surface area contributed by atoms with Crippen LogP contribution in [0.5, 0.6) is 0 Å². The van der Waals surface area contributed by atoms with Crippen molar-refractivity contribution in [2.24, 2.45) is 5.92 Å². The summed E-state index contributed by atoms with van der Waals surface area (Å²) in [5.74, 6) is -0.571. The van der Waals surface area contributed by atoms with Gasteiger partial charge in [0.15, 0.2) is 4.96 Å². The fourth-order valence-electron chi connectivity index (χ4n) is 4.34. The van der Waals surface area contributed by atoms with Gasteiger partial charge in [-0.2, -0.15) is 4.31 Å². The normalized spacial score (nSPS) is 19.5. The molecule has 1 fully saturated rings. The van der Waals surface area contributed by atoms with E-state index in [-0.39, 0.29) is 23.4 Å². The third kappa shape index (κ3) is 4.44. The minimum atomic E-state index is -3.76. The summed E-state index contributed by atoms with van der Waals surface area (Å²) in [6, 6.07) is 17.8. The maximum absolute atomic E-state index is 13.6. The molecule has 7 nitrogen and oxygen atoms in total. The van der Waals surface area contributed by atoms with Gasteiger partial charge in [0.2, 0.25) is 15.9 Å². The van der Waals surface area contributed by atoms with E-state index in [2.05, 4.69) is 10.3 Å². The number of imidazole rings is 1. The third-order valence-corrected chi connectivity index (χ3v) is 8.69. The van der Waals surface area contributed by atoms with Gasteiger partial charge in [-0.15, -0.1) is 11.3 Å². The van der Waals surface area contributed by atoms with Crippen LogP contribution in [0.15, 0.2) is 83.3 Å². The van der Waals surface area contributed by atoms with E-state index in [9.17, 15) is 13.2 Å². The number of piperidine rings is 1. The molecule has 1 aliphatic heterocycles. The van der Waals surface area contributed by atoms with E-state index in [1.807, 2.05) is 52.5 Å². The molecule has 2 aromatic carbocycles. The smallest absolute Gasteiger partial charge is 0.243 e. The molecule has 2 aromatic heterocycles. The van der Waals surface area contributed by atoms with Crippen molar-refractivity contribution in [1.29, 1.82) is 0 Å². The largest absolute Gasteiger partial charge is 0.350 e. The Kier molecular flexibility index (Phi) is 6.01. The molecule has 0 aliphatic carbocycles. The van der Waals surface area contributed by atoms with Crippen LogP contribution in [-0.2, 0) is 21.4 Å². The fraction of sp³-hybridized carbons (Fsp3) is 0.250. The average molecular weight is 481 g/mol. The van der Waals surface area contributed by atoms with Crippen LogP contribution < -0.4 is 5.32 Å². The van der Waals surface area contributed by atoms with E-state index in [4.69, 9.17) is 0 Å². The molecular formula is C24H24N4O3S2. The quantitative estimate of drug-likeness (QED) is 0.454. The first-order valence-electron chi connectivity index (χ1n) is 10.8. The Morgan fingerprint density at radius 3 is 2.52 bits per heavy atom. The topological polar surface area (TPSA) is 83.8 Å². The van der Waals surface area contributed by atoms with Crippen LogP contribution in [0.2, 0.25) is 0 Å². The molecule has 9 heteroatoms. The summed E-state index contributed by atoms with van der Waals surface area (Å²) in [5.41, 5.74) is 1.72. The number of rotatable bonds is 6. The first kappa shape index (κ1) is 21.8. The highest BCUT2D eigenvalue weighted by Crippen LogP contribution is 2.37. The lowest BCUT2D eigenvalue weighted by Gasteiger charge is -2.38. The summed E-state index contributed by atoms with van der Waals surface area (Å²) in [5, 5.41) is 4.91. The number of aromatic nitrogens is 2. The van der Waals surface area contributed by atoms with Crippen LogP contribution >= 0.6 is 11.3 Å². The number of carbonyl (C=O) groups is 1. The highest BCUT2D eigenvalue weighted by Gasteiger charge is 2.39. The molecule has 1 saturated heterocycles. The van der Waals surface area contributed by atoms with E-state index in [1.54, 1.807) is 30.3 Å².